The minimum atomic E-state index is -0.910. The van der Waals surface area contributed by atoms with Crippen LogP contribution in [0, 0.1) is 5.82 Å². The third-order valence-corrected chi connectivity index (χ3v) is 7.18. The number of aromatic nitrogens is 1. The molecule has 2 aromatic carbocycles. The molecule has 2 amide bonds. The number of hydrogen-bond donors (Lipinski definition) is 1. The molecule has 0 saturated carbocycles. The lowest BCUT2D eigenvalue weighted by atomic mass is 9.72. The van der Waals surface area contributed by atoms with Crippen molar-refractivity contribution in [2.75, 3.05) is 11.9 Å². The highest BCUT2D eigenvalue weighted by Gasteiger charge is 2.59. The minimum absolute atomic E-state index is 0.122. The molecule has 1 spiro atoms. The smallest absolute Gasteiger partial charge is 0.273 e. The molecular weight excluding hydrogens is 413 g/mol. The molecule has 1 fully saturated rings. The molecule has 0 aliphatic carbocycles. The molecule has 5 nitrogen and oxygen atoms in total. The van der Waals surface area contributed by atoms with Gasteiger partial charge in [-0.15, -0.1) is 11.3 Å². The van der Waals surface area contributed by atoms with Gasteiger partial charge < -0.3 is 10.2 Å². The van der Waals surface area contributed by atoms with E-state index in [4.69, 9.17) is 0 Å². The SMILES string of the molecule is CCCc1nc(C(=O)N2CC[C@]3(C(=O)Nc4ccccc43)[C@@H]2c2ccc(F)cc2)cs1. The number of hydrogen-bond acceptors (Lipinski definition) is 4. The van der Waals surface area contributed by atoms with Gasteiger partial charge in [0.05, 0.1) is 11.0 Å². The fourth-order valence-corrected chi connectivity index (χ4v) is 5.77. The van der Waals surface area contributed by atoms with Gasteiger partial charge in [-0.3, -0.25) is 9.59 Å². The van der Waals surface area contributed by atoms with Gasteiger partial charge in [0.15, 0.2) is 0 Å². The van der Waals surface area contributed by atoms with Gasteiger partial charge in [-0.05, 0) is 48.6 Å². The second-order valence-corrected chi connectivity index (χ2v) is 8.99. The lowest BCUT2D eigenvalue weighted by Crippen LogP contribution is -2.42. The summed E-state index contributed by atoms with van der Waals surface area (Å²) >= 11 is 1.49. The first kappa shape index (κ1) is 19.9. The van der Waals surface area contributed by atoms with Crippen LogP contribution >= 0.6 is 11.3 Å². The Kier molecular flexibility index (Phi) is 4.85. The molecule has 2 aliphatic rings. The summed E-state index contributed by atoms with van der Waals surface area (Å²) in [6.45, 7) is 2.50. The molecule has 3 aromatic rings. The van der Waals surface area contributed by atoms with Gasteiger partial charge >= 0.3 is 0 Å². The third-order valence-electron chi connectivity index (χ3n) is 6.27. The van der Waals surface area contributed by atoms with E-state index in [1.165, 1.54) is 23.5 Å². The quantitative estimate of drug-likeness (QED) is 0.646. The third kappa shape index (κ3) is 3.07. The van der Waals surface area contributed by atoms with Gasteiger partial charge in [0.1, 0.15) is 16.9 Å². The zero-order valence-corrected chi connectivity index (χ0v) is 17.9. The monoisotopic (exact) mass is 435 g/mol. The molecule has 2 atom stereocenters. The first-order valence-corrected chi connectivity index (χ1v) is 11.3. The van der Waals surface area contributed by atoms with Crippen LogP contribution in [0.4, 0.5) is 10.1 Å². The molecule has 3 heterocycles. The lowest BCUT2D eigenvalue weighted by Gasteiger charge is -2.34. The van der Waals surface area contributed by atoms with Crippen LogP contribution in [-0.4, -0.2) is 28.2 Å². The number of halogens is 1. The van der Waals surface area contributed by atoms with Gasteiger partial charge in [0, 0.05) is 17.6 Å². The molecule has 0 unspecified atom stereocenters. The number of benzene rings is 2. The number of anilines is 1. The maximum atomic E-state index is 13.7. The van der Waals surface area contributed by atoms with E-state index in [1.54, 1.807) is 22.4 Å². The number of rotatable bonds is 4. The average molecular weight is 436 g/mol. The number of carbonyl (C=O) groups excluding carboxylic acids is 2. The van der Waals surface area contributed by atoms with Crippen LogP contribution in [0.3, 0.4) is 0 Å². The topological polar surface area (TPSA) is 62.3 Å². The first-order valence-electron chi connectivity index (χ1n) is 10.5. The Morgan fingerprint density at radius 3 is 2.81 bits per heavy atom. The van der Waals surface area contributed by atoms with E-state index in [1.807, 2.05) is 24.3 Å². The zero-order valence-electron chi connectivity index (χ0n) is 17.1. The van der Waals surface area contributed by atoms with Crippen molar-refractivity contribution in [3.05, 3.63) is 81.6 Å². The van der Waals surface area contributed by atoms with Gasteiger partial charge in [-0.25, -0.2) is 9.37 Å². The molecule has 1 saturated heterocycles. The molecular formula is C24H22FN3O2S. The van der Waals surface area contributed by atoms with Gasteiger partial charge in [-0.2, -0.15) is 0 Å². The molecule has 0 radical (unpaired) electrons. The van der Waals surface area contributed by atoms with Crippen LogP contribution in [0.1, 0.15) is 52.4 Å². The van der Waals surface area contributed by atoms with E-state index >= 15 is 0 Å². The Bertz CT molecular complexity index is 1160. The maximum absolute atomic E-state index is 13.7. The van der Waals surface area contributed by atoms with Crippen LogP contribution in [-0.2, 0) is 16.6 Å². The number of likely N-dealkylation sites (tertiary alicyclic amines) is 1. The van der Waals surface area contributed by atoms with Crippen LogP contribution in [0.5, 0.6) is 0 Å². The minimum Gasteiger partial charge on any atom is -0.329 e. The Labute approximate surface area is 183 Å². The number of thiazole rings is 1. The highest BCUT2D eigenvalue weighted by atomic mass is 32.1. The van der Waals surface area contributed by atoms with E-state index in [9.17, 15) is 14.0 Å². The van der Waals surface area contributed by atoms with E-state index in [-0.39, 0.29) is 17.6 Å². The van der Waals surface area contributed by atoms with Crippen LogP contribution < -0.4 is 5.32 Å². The van der Waals surface area contributed by atoms with Crippen LogP contribution in [0.2, 0.25) is 0 Å². The first-order chi connectivity index (χ1) is 15.0. The summed E-state index contributed by atoms with van der Waals surface area (Å²) in [5, 5.41) is 5.72. The Hall–Kier alpha value is -3.06. The molecule has 7 heteroatoms. The number of nitrogens with zero attached hydrogens (tertiary/aromatic N) is 2. The Morgan fingerprint density at radius 1 is 1.26 bits per heavy atom. The van der Waals surface area contributed by atoms with Crippen molar-refractivity contribution in [3.63, 3.8) is 0 Å². The molecule has 31 heavy (non-hydrogen) atoms. The summed E-state index contributed by atoms with van der Waals surface area (Å²) in [4.78, 5) is 33.2. The van der Waals surface area contributed by atoms with Crippen molar-refractivity contribution in [1.29, 1.82) is 0 Å². The predicted molar refractivity (Wildman–Crippen MR) is 118 cm³/mol. The largest absolute Gasteiger partial charge is 0.329 e. The van der Waals surface area contributed by atoms with Crippen molar-refractivity contribution in [2.45, 2.75) is 37.6 Å². The van der Waals surface area contributed by atoms with Crippen molar-refractivity contribution in [3.8, 4) is 0 Å². The summed E-state index contributed by atoms with van der Waals surface area (Å²) in [6, 6.07) is 13.2. The summed E-state index contributed by atoms with van der Waals surface area (Å²) in [5.74, 6) is -0.668. The number of nitrogens with one attached hydrogen (secondary N) is 1. The normalized spacial score (nSPS) is 22.1. The zero-order chi connectivity index (χ0) is 21.6. The summed E-state index contributed by atoms with van der Waals surface area (Å²) in [6.07, 6.45) is 2.29. The van der Waals surface area contributed by atoms with Crippen molar-refractivity contribution >= 4 is 28.8 Å². The van der Waals surface area contributed by atoms with Crippen molar-refractivity contribution < 1.29 is 14.0 Å². The van der Waals surface area contributed by atoms with Gasteiger partial charge in [0.2, 0.25) is 5.91 Å². The average Bonchev–Trinajstić information content (AvgIpc) is 3.47. The molecule has 1 N–H and O–H groups in total. The van der Waals surface area contributed by atoms with Crippen LogP contribution in [0.25, 0.3) is 0 Å². The van der Waals surface area contributed by atoms with Gasteiger partial charge in [0.25, 0.3) is 5.91 Å². The number of amides is 2. The molecule has 0 bridgehead atoms. The Balaban J connectivity index is 1.62. The second kappa shape index (κ2) is 7.57. The summed E-state index contributed by atoms with van der Waals surface area (Å²) in [5.41, 5.74) is 1.89. The molecule has 158 valence electrons. The van der Waals surface area contributed by atoms with Crippen LogP contribution in [0.15, 0.2) is 53.9 Å². The fraction of sp³-hybridized carbons (Fsp3) is 0.292. The summed E-state index contributed by atoms with van der Waals surface area (Å²) < 4.78 is 13.7. The lowest BCUT2D eigenvalue weighted by molar-refractivity contribution is -0.121. The predicted octanol–water partition coefficient (Wildman–Crippen LogP) is 4.71. The van der Waals surface area contributed by atoms with E-state index in [0.717, 1.165) is 34.7 Å². The van der Waals surface area contributed by atoms with E-state index in [0.29, 0.717) is 18.7 Å². The summed E-state index contributed by atoms with van der Waals surface area (Å²) in [7, 11) is 0. The van der Waals surface area contributed by atoms with E-state index < -0.39 is 11.5 Å². The highest BCUT2D eigenvalue weighted by molar-refractivity contribution is 7.09. The second-order valence-electron chi connectivity index (χ2n) is 8.05. The number of aryl methyl sites for hydroxylation is 1. The van der Waals surface area contributed by atoms with Crippen molar-refractivity contribution in [2.24, 2.45) is 0 Å². The van der Waals surface area contributed by atoms with Gasteiger partial charge in [-0.1, -0.05) is 37.3 Å². The highest BCUT2D eigenvalue weighted by Crippen LogP contribution is 2.54. The molecule has 5 rings (SSSR count). The number of fused-ring (bicyclic) bond motifs is 2. The maximum Gasteiger partial charge on any atom is 0.273 e. The molecule has 1 aromatic heterocycles. The number of para-hydroxylation sites is 1. The fourth-order valence-electron chi connectivity index (χ4n) is 4.90. The van der Waals surface area contributed by atoms with Crippen molar-refractivity contribution in [1.82, 2.24) is 9.88 Å². The molecule has 2 aliphatic heterocycles. The number of carbonyl (C=O) groups is 2. The van der Waals surface area contributed by atoms with E-state index in [2.05, 4.69) is 17.2 Å². The Morgan fingerprint density at radius 2 is 2.03 bits per heavy atom. The standard InChI is InChI=1S/C24H22FN3O2S/c1-2-5-20-26-19(14-31-20)22(29)28-13-12-24(21(28)15-8-10-16(25)11-9-15)17-6-3-4-7-18(17)27-23(24)30/h3-4,6-11,14,21H,2,5,12-13H2,1H3,(H,27,30)/t21-,24+/m0/s1.